The van der Waals surface area contributed by atoms with Crippen molar-refractivity contribution in [2.75, 3.05) is 5.32 Å². The second-order valence-corrected chi connectivity index (χ2v) is 7.19. The van der Waals surface area contributed by atoms with Gasteiger partial charge in [-0.3, -0.25) is 4.79 Å². The lowest BCUT2D eigenvalue weighted by atomic mass is 9.89. The highest BCUT2D eigenvalue weighted by atomic mass is 35.5. The van der Waals surface area contributed by atoms with Gasteiger partial charge in [-0.25, -0.2) is 0 Å². The van der Waals surface area contributed by atoms with E-state index >= 15 is 0 Å². The number of carbonyl (C=O) groups is 1. The number of nitriles is 1. The Bertz CT molecular complexity index is 914. The maximum Gasteiger partial charge on any atom is 0.267 e. The molecule has 0 bridgehead atoms. The third-order valence-electron chi connectivity index (χ3n) is 4.80. The first kappa shape index (κ1) is 19.0. The Hall–Kier alpha value is -2.77. The lowest BCUT2D eigenvalue weighted by Gasteiger charge is -2.19. The number of aryl methyl sites for hydroxylation is 2. The topological polar surface area (TPSA) is 64.9 Å². The van der Waals surface area contributed by atoms with Gasteiger partial charge in [0, 0.05) is 23.0 Å². The van der Waals surface area contributed by atoms with Gasteiger partial charge in [-0.2, -0.15) is 5.26 Å². The van der Waals surface area contributed by atoms with Crippen molar-refractivity contribution in [1.82, 2.24) is 5.32 Å². The predicted molar refractivity (Wildman–Crippen MR) is 108 cm³/mol. The number of carbonyl (C=O) groups excluding carboxylic acids is 1. The molecule has 2 N–H and O–H groups in total. The van der Waals surface area contributed by atoms with E-state index in [1.165, 1.54) is 30.2 Å². The van der Waals surface area contributed by atoms with Crippen molar-refractivity contribution in [3.8, 4) is 6.07 Å². The van der Waals surface area contributed by atoms with E-state index in [4.69, 9.17) is 11.6 Å². The Morgan fingerprint density at radius 3 is 2.70 bits per heavy atom. The number of anilines is 1. The normalized spacial score (nSPS) is 14.6. The van der Waals surface area contributed by atoms with E-state index in [1.54, 1.807) is 24.3 Å². The second-order valence-electron chi connectivity index (χ2n) is 6.76. The van der Waals surface area contributed by atoms with E-state index < -0.39 is 5.91 Å². The third kappa shape index (κ3) is 4.90. The van der Waals surface area contributed by atoms with Crippen LogP contribution in [0.3, 0.4) is 0 Å². The number of amides is 1. The first-order chi connectivity index (χ1) is 13.1. The Morgan fingerprint density at radius 2 is 1.96 bits per heavy atom. The molecule has 3 rings (SSSR count). The Balaban J connectivity index is 1.67. The molecule has 1 atom stereocenters. The molecule has 0 heterocycles. The van der Waals surface area contributed by atoms with Crippen LogP contribution < -0.4 is 10.6 Å². The van der Waals surface area contributed by atoms with Crippen LogP contribution in [0.2, 0.25) is 5.02 Å². The molecule has 1 aliphatic carbocycles. The van der Waals surface area contributed by atoms with Crippen LogP contribution in [0.1, 0.15) is 42.5 Å². The van der Waals surface area contributed by atoms with Gasteiger partial charge in [0.15, 0.2) is 0 Å². The van der Waals surface area contributed by atoms with Crippen LogP contribution in [0.4, 0.5) is 5.69 Å². The van der Waals surface area contributed by atoms with Crippen LogP contribution >= 0.6 is 11.6 Å². The number of benzene rings is 2. The van der Waals surface area contributed by atoms with Crippen LogP contribution in [0, 0.1) is 11.3 Å². The molecule has 1 aliphatic rings. The molecule has 2 aromatic rings. The van der Waals surface area contributed by atoms with E-state index in [0.717, 1.165) is 18.4 Å². The second kappa shape index (κ2) is 8.75. The lowest BCUT2D eigenvalue weighted by molar-refractivity contribution is -0.112. The zero-order chi connectivity index (χ0) is 19.2. The molecule has 138 valence electrons. The fourth-order valence-corrected chi connectivity index (χ4v) is 3.43. The van der Waals surface area contributed by atoms with E-state index in [-0.39, 0.29) is 11.6 Å². The number of hydrogen-bond donors (Lipinski definition) is 2. The van der Waals surface area contributed by atoms with Gasteiger partial charge in [-0.1, -0.05) is 35.9 Å². The Kier molecular flexibility index (Phi) is 6.16. The maximum absolute atomic E-state index is 12.3. The molecular weight excluding hydrogens is 358 g/mol. The van der Waals surface area contributed by atoms with Gasteiger partial charge < -0.3 is 10.6 Å². The summed E-state index contributed by atoms with van der Waals surface area (Å²) < 4.78 is 0. The molecule has 27 heavy (non-hydrogen) atoms. The number of nitrogens with zero attached hydrogens (tertiary/aromatic N) is 1. The fraction of sp³-hybridized carbons (Fsp3) is 0.273. The molecule has 1 amide bonds. The summed E-state index contributed by atoms with van der Waals surface area (Å²) in [6.07, 6.45) is 6.25. The van der Waals surface area contributed by atoms with Crippen molar-refractivity contribution < 1.29 is 4.79 Å². The van der Waals surface area contributed by atoms with E-state index in [9.17, 15) is 10.1 Å². The van der Waals surface area contributed by atoms with Gasteiger partial charge in [-0.15, -0.1) is 0 Å². The minimum Gasteiger partial charge on any atom is -0.383 e. The standard InChI is InChI=1S/C22H22ClN3O/c1-15(17-10-9-16-5-2-3-6-18(16)11-17)25-14-19(13-24)22(27)26-21-8-4-7-20(23)12-21/h4,7-12,14-15,25H,2-3,5-6H2,1H3,(H,26,27)/b19-14-. The van der Waals surface area contributed by atoms with Crippen molar-refractivity contribution in [1.29, 1.82) is 5.26 Å². The third-order valence-corrected chi connectivity index (χ3v) is 5.03. The van der Waals surface area contributed by atoms with Crippen molar-refractivity contribution >= 4 is 23.2 Å². The lowest BCUT2D eigenvalue weighted by Crippen LogP contribution is -2.19. The first-order valence-corrected chi connectivity index (χ1v) is 9.49. The van der Waals surface area contributed by atoms with Gasteiger partial charge in [0.2, 0.25) is 0 Å². The van der Waals surface area contributed by atoms with E-state index in [1.807, 2.05) is 13.0 Å². The number of hydrogen-bond acceptors (Lipinski definition) is 3. The number of rotatable bonds is 5. The summed E-state index contributed by atoms with van der Waals surface area (Å²) in [6, 6.07) is 15.3. The fourth-order valence-electron chi connectivity index (χ4n) is 3.24. The van der Waals surface area contributed by atoms with Gasteiger partial charge >= 0.3 is 0 Å². The molecule has 0 saturated heterocycles. The van der Waals surface area contributed by atoms with Crippen LogP contribution in [-0.2, 0) is 17.6 Å². The molecule has 0 aromatic heterocycles. The Labute approximate surface area is 164 Å². The van der Waals surface area contributed by atoms with Crippen molar-refractivity contribution in [3.05, 3.63) is 76.0 Å². The van der Waals surface area contributed by atoms with Gasteiger partial charge in [0.05, 0.1) is 0 Å². The van der Waals surface area contributed by atoms with Crippen molar-refractivity contribution in [2.24, 2.45) is 0 Å². The molecular formula is C22H22ClN3O. The van der Waals surface area contributed by atoms with Gasteiger partial charge in [0.25, 0.3) is 5.91 Å². The van der Waals surface area contributed by atoms with Crippen LogP contribution in [-0.4, -0.2) is 5.91 Å². The maximum atomic E-state index is 12.3. The summed E-state index contributed by atoms with van der Waals surface area (Å²) in [5, 5.41) is 15.7. The van der Waals surface area contributed by atoms with Crippen LogP contribution in [0.25, 0.3) is 0 Å². The average Bonchev–Trinajstić information content (AvgIpc) is 2.68. The molecule has 2 aromatic carbocycles. The minimum atomic E-state index is -0.468. The predicted octanol–water partition coefficient (Wildman–Crippen LogP) is 4.92. The van der Waals surface area contributed by atoms with Gasteiger partial charge in [-0.05, 0) is 67.5 Å². The summed E-state index contributed by atoms with van der Waals surface area (Å²) in [5.74, 6) is -0.468. The highest BCUT2D eigenvalue weighted by molar-refractivity contribution is 6.31. The summed E-state index contributed by atoms with van der Waals surface area (Å²) in [5.41, 5.74) is 4.57. The monoisotopic (exact) mass is 379 g/mol. The van der Waals surface area contributed by atoms with Crippen molar-refractivity contribution in [2.45, 2.75) is 38.6 Å². The highest BCUT2D eigenvalue weighted by Crippen LogP contribution is 2.25. The van der Waals surface area contributed by atoms with E-state index in [2.05, 4.69) is 28.8 Å². The molecule has 0 spiro atoms. The highest BCUT2D eigenvalue weighted by Gasteiger charge is 2.13. The summed E-state index contributed by atoms with van der Waals surface area (Å²) in [7, 11) is 0. The molecule has 0 radical (unpaired) electrons. The molecule has 0 saturated carbocycles. The Morgan fingerprint density at radius 1 is 1.19 bits per heavy atom. The molecule has 0 fully saturated rings. The first-order valence-electron chi connectivity index (χ1n) is 9.12. The van der Waals surface area contributed by atoms with Crippen LogP contribution in [0.15, 0.2) is 54.2 Å². The molecule has 5 heteroatoms. The van der Waals surface area contributed by atoms with E-state index in [0.29, 0.717) is 10.7 Å². The zero-order valence-electron chi connectivity index (χ0n) is 15.3. The summed E-state index contributed by atoms with van der Waals surface area (Å²) in [6.45, 7) is 2.02. The smallest absolute Gasteiger partial charge is 0.267 e. The van der Waals surface area contributed by atoms with Crippen LogP contribution in [0.5, 0.6) is 0 Å². The zero-order valence-corrected chi connectivity index (χ0v) is 16.0. The van der Waals surface area contributed by atoms with Crippen molar-refractivity contribution in [3.63, 3.8) is 0 Å². The average molecular weight is 380 g/mol. The SMILES string of the molecule is CC(N/C=C(/C#N)C(=O)Nc1cccc(Cl)c1)c1ccc2c(c1)CCCC2. The van der Waals surface area contributed by atoms with Gasteiger partial charge in [0.1, 0.15) is 11.6 Å². The quantitative estimate of drug-likeness (QED) is 0.572. The minimum absolute atomic E-state index is 0.000420. The summed E-state index contributed by atoms with van der Waals surface area (Å²) in [4.78, 5) is 12.3. The number of nitrogens with one attached hydrogen (secondary N) is 2. The largest absolute Gasteiger partial charge is 0.383 e. The summed E-state index contributed by atoms with van der Waals surface area (Å²) >= 11 is 5.92. The number of halogens is 1. The molecule has 4 nitrogen and oxygen atoms in total. The number of fused-ring (bicyclic) bond motifs is 1. The molecule has 1 unspecified atom stereocenters. The molecule has 0 aliphatic heterocycles.